The number of hydrogen-bond acceptors (Lipinski definition) is 3. The van der Waals surface area contributed by atoms with Crippen molar-refractivity contribution in [1.82, 2.24) is 0 Å². The van der Waals surface area contributed by atoms with Gasteiger partial charge in [-0.3, -0.25) is 4.79 Å². The molecule has 6 heteroatoms. The van der Waals surface area contributed by atoms with Crippen LogP contribution in [0, 0.1) is 11.8 Å². The maximum Gasteiger partial charge on any atom is 0.416 e. The fraction of sp³-hybridized carbons (Fsp3) is 0.632. The molecule has 0 bridgehead atoms. The van der Waals surface area contributed by atoms with E-state index >= 15 is 0 Å². The van der Waals surface area contributed by atoms with Crippen LogP contribution in [-0.4, -0.2) is 18.1 Å². The number of benzene rings is 1. The van der Waals surface area contributed by atoms with Crippen LogP contribution in [0.1, 0.15) is 61.4 Å². The number of Topliss-reactive ketones (excluding diaryl/α,β-unsaturated/α-hetero) is 1. The monoisotopic (exact) mass is 373 g/mol. The highest BCUT2D eigenvalue weighted by atomic mass is 32.2. The first-order chi connectivity index (χ1) is 11.7. The summed E-state index contributed by atoms with van der Waals surface area (Å²) < 4.78 is 38.5. The van der Waals surface area contributed by atoms with Gasteiger partial charge in [-0.25, -0.2) is 0 Å². The van der Waals surface area contributed by atoms with Crippen LogP contribution in [-0.2, 0) is 6.18 Å². The number of carbonyl (C=O) groups is 1. The van der Waals surface area contributed by atoms with E-state index in [0.717, 1.165) is 31.4 Å². The minimum atomic E-state index is -4.39. The van der Waals surface area contributed by atoms with Crippen LogP contribution in [0.15, 0.2) is 23.1 Å². The summed E-state index contributed by atoms with van der Waals surface area (Å²) in [6.07, 6.45) is 2.88. The summed E-state index contributed by atoms with van der Waals surface area (Å²) >= 11 is 1.18. The van der Waals surface area contributed by atoms with E-state index in [1.54, 1.807) is 6.26 Å². The number of hydrogen-bond donors (Lipinski definition) is 1. The molecule has 2 N–H and O–H groups in total. The SMILES string of the molecule is CSc1cc(C(F)(F)F)ccc1C(=O)CCC(C)C1CCCCC1N. The lowest BCUT2D eigenvalue weighted by Gasteiger charge is -2.33. The molecular formula is C19H26F3NOS. The van der Waals surface area contributed by atoms with Gasteiger partial charge >= 0.3 is 6.18 Å². The molecular weight excluding hydrogens is 347 g/mol. The Kier molecular flexibility index (Phi) is 6.97. The van der Waals surface area contributed by atoms with Crippen molar-refractivity contribution < 1.29 is 18.0 Å². The third kappa shape index (κ3) is 5.23. The Morgan fingerprint density at radius 2 is 2.00 bits per heavy atom. The summed E-state index contributed by atoms with van der Waals surface area (Å²) in [6.45, 7) is 2.13. The Morgan fingerprint density at radius 1 is 1.32 bits per heavy atom. The Bertz CT molecular complexity index is 603. The van der Waals surface area contributed by atoms with E-state index in [2.05, 4.69) is 6.92 Å². The first-order valence-electron chi connectivity index (χ1n) is 8.78. The highest BCUT2D eigenvalue weighted by Crippen LogP contribution is 2.35. The van der Waals surface area contributed by atoms with Gasteiger partial charge in [0.2, 0.25) is 0 Å². The van der Waals surface area contributed by atoms with Crippen LogP contribution >= 0.6 is 11.8 Å². The van der Waals surface area contributed by atoms with Crippen molar-refractivity contribution in [2.75, 3.05) is 6.26 Å². The predicted octanol–water partition coefficient (Wildman–Crippen LogP) is 5.54. The van der Waals surface area contributed by atoms with Crippen molar-refractivity contribution in [3.8, 4) is 0 Å². The number of halogens is 3. The Balaban J connectivity index is 2.03. The summed E-state index contributed by atoms with van der Waals surface area (Å²) in [6, 6.07) is 3.58. The third-order valence-corrected chi connectivity index (χ3v) is 6.04. The van der Waals surface area contributed by atoms with Gasteiger partial charge in [0.25, 0.3) is 0 Å². The number of alkyl halides is 3. The summed E-state index contributed by atoms with van der Waals surface area (Å²) in [4.78, 5) is 12.9. The lowest BCUT2D eigenvalue weighted by molar-refractivity contribution is -0.137. The van der Waals surface area contributed by atoms with Gasteiger partial charge < -0.3 is 5.73 Å². The van der Waals surface area contributed by atoms with Crippen molar-refractivity contribution in [1.29, 1.82) is 0 Å². The zero-order valence-corrected chi connectivity index (χ0v) is 15.6. The molecule has 1 aromatic carbocycles. The minimum absolute atomic E-state index is 0.0886. The summed E-state index contributed by atoms with van der Waals surface area (Å²) in [7, 11) is 0. The molecule has 0 saturated heterocycles. The van der Waals surface area contributed by atoms with Crippen molar-refractivity contribution >= 4 is 17.5 Å². The maximum absolute atomic E-state index is 12.8. The molecule has 0 aromatic heterocycles. The zero-order chi connectivity index (χ0) is 18.6. The van der Waals surface area contributed by atoms with E-state index in [1.165, 1.54) is 30.7 Å². The molecule has 1 aromatic rings. The van der Waals surface area contributed by atoms with Crippen LogP contribution in [0.3, 0.4) is 0 Å². The molecule has 0 heterocycles. The van der Waals surface area contributed by atoms with E-state index in [0.29, 0.717) is 28.7 Å². The molecule has 0 amide bonds. The Morgan fingerprint density at radius 3 is 2.60 bits per heavy atom. The Hall–Kier alpha value is -1.01. The topological polar surface area (TPSA) is 43.1 Å². The molecule has 1 aliphatic carbocycles. The van der Waals surface area contributed by atoms with Gasteiger partial charge in [0.05, 0.1) is 5.56 Å². The molecule has 1 fully saturated rings. The lowest BCUT2D eigenvalue weighted by atomic mass is 9.75. The van der Waals surface area contributed by atoms with E-state index < -0.39 is 11.7 Å². The highest BCUT2D eigenvalue weighted by molar-refractivity contribution is 7.98. The maximum atomic E-state index is 12.8. The molecule has 2 rings (SSSR count). The van der Waals surface area contributed by atoms with Gasteiger partial charge in [0.1, 0.15) is 0 Å². The average Bonchev–Trinajstić information content (AvgIpc) is 2.58. The van der Waals surface area contributed by atoms with Crippen LogP contribution < -0.4 is 5.73 Å². The summed E-state index contributed by atoms with van der Waals surface area (Å²) in [5.74, 6) is 0.704. The summed E-state index contributed by atoms with van der Waals surface area (Å²) in [5, 5.41) is 0. The first kappa shape index (κ1) is 20.3. The van der Waals surface area contributed by atoms with Crippen LogP contribution in [0.5, 0.6) is 0 Å². The van der Waals surface area contributed by atoms with E-state index in [-0.39, 0.29) is 11.8 Å². The standard InChI is InChI=1S/C19H26F3NOS/c1-12(14-5-3-4-6-16(14)23)7-10-17(24)15-9-8-13(19(20,21)22)11-18(15)25-2/h8-9,11-12,14,16H,3-7,10,23H2,1-2H3. The number of rotatable bonds is 6. The van der Waals surface area contributed by atoms with Crippen molar-refractivity contribution in [2.24, 2.45) is 17.6 Å². The minimum Gasteiger partial charge on any atom is -0.327 e. The molecule has 3 atom stereocenters. The molecule has 1 saturated carbocycles. The normalized spacial score (nSPS) is 22.6. The quantitative estimate of drug-likeness (QED) is 0.526. The molecule has 0 radical (unpaired) electrons. The van der Waals surface area contributed by atoms with Gasteiger partial charge in [-0.2, -0.15) is 13.2 Å². The number of thioether (sulfide) groups is 1. The average molecular weight is 373 g/mol. The smallest absolute Gasteiger partial charge is 0.327 e. The first-order valence-corrected chi connectivity index (χ1v) is 10.0. The Labute approximate surface area is 151 Å². The molecule has 1 aliphatic rings. The van der Waals surface area contributed by atoms with E-state index in [1.807, 2.05) is 0 Å². The molecule has 2 nitrogen and oxygen atoms in total. The van der Waals surface area contributed by atoms with Crippen LogP contribution in [0.2, 0.25) is 0 Å². The van der Waals surface area contributed by atoms with Gasteiger partial charge in [0.15, 0.2) is 5.78 Å². The fourth-order valence-electron chi connectivity index (χ4n) is 3.70. The fourth-order valence-corrected chi connectivity index (χ4v) is 4.35. The molecule has 3 unspecified atom stereocenters. The van der Waals surface area contributed by atoms with Crippen LogP contribution in [0.4, 0.5) is 13.2 Å². The molecule has 0 spiro atoms. The predicted molar refractivity (Wildman–Crippen MR) is 95.9 cm³/mol. The zero-order valence-electron chi connectivity index (χ0n) is 14.7. The molecule has 0 aliphatic heterocycles. The molecule has 140 valence electrons. The van der Waals surface area contributed by atoms with Crippen molar-refractivity contribution in [3.63, 3.8) is 0 Å². The van der Waals surface area contributed by atoms with Gasteiger partial charge in [-0.1, -0.05) is 19.8 Å². The van der Waals surface area contributed by atoms with Gasteiger partial charge in [-0.15, -0.1) is 11.8 Å². The second kappa shape index (κ2) is 8.58. The van der Waals surface area contributed by atoms with E-state index in [4.69, 9.17) is 5.73 Å². The number of carbonyl (C=O) groups excluding carboxylic acids is 1. The van der Waals surface area contributed by atoms with Crippen LogP contribution in [0.25, 0.3) is 0 Å². The second-order valence-electron chi connectivity index (χ2n) is 6.96. The molecule has 25 heavy (non-hydrogen) atoms. The lowest BCUT2D eigenvalue weighted by Crippen LogP contribution is -2.37. The summed E-state index contributed by atoms with van der Waals surface area (Å²) in [5.41, 5.74) is 5.88. The van der Waals surface area contributed by atoms with Crippen molar-refractivity contribution in [3.05, 3.63) is 29.3 Å². The second-order valence-corrected chi connectivity index (χ2v) is 7.81. The number of ketones is 1. The van der Waals surface area contributed by atoms with E-state index in [9.17, 15) is 18.0 Å². The largest absolute Gasteiger partial charge is 0.416 e. The number of nitrogens with two attached hydrogens (primary N) is 1. The van der Waals surface area contributed by atoms with Gasteiger partial charge in [0, 0.05) is 22.9 Å². The highest BCUT2D eigenvalue weighted by Gasteiger charge is 2.32. The van der Waals surface area contributed by atoms with Crippen molar-refractivity contribution in [2.45, 2.75) is 62.6 Å². The van der Waals surface area contributed by atoms with Gasteiger partial charge in [-0.05, 0) is 55.6 Å². The third-order valence-electron chi connectivity index (χ3n) is 5.26.